The van der Waals surface area contributed by atoms with Crippen LogP contribution in [0, 0.1) is 0 Å². The van der Waals surface area contributed by atoms with Crippen LogP contribution >= 0.6 is 11.8 Å². The molecule has 0 atom stereocenters. The summed E-state index contributed by atoms with van der Waals surface area (Å²) < 4.78 is 0. The highest BCUT2D eigenvalue weighted by Crippen LogP contribution is 2.31. The van der Waals surface area contributed by atoms with Gasteiger partial charge < -0.3 is 10.6 Å². The van der Waals surface area contributed by atoms with Crippen molar-refractivity contribution in [3.05, 3.63) is 23.8 Å². The monoisotopic (exact) mass is 264 g/mol. The molecule has 0 radical (unpaired) electrons. The Morgan fingerprint density at radius 3 is 2.50 bits per heavy atom. The molecule has 0 saturated carbocycles. The zero-order valence-electron chi connectivity index (χ0n) is 11.3. The topological polar surface area (TPSA) is 29.3 Å². The molecule has 100 valence electrons. The Labute approximate surface area is 115 Å². The van der Waals surface area contributed by atoms with E-state index in [0.29, 0.717) is 6.54 Å². The maximum absolute atomic E-state index is 5.99. The van der Waals surface area contributed by atoms with Crippen molar-refractivity contribution in [3.63, 3.8) is 0 Å². The van der Waals surface area contributed by atoms with Crippen LogP contribution < -0.4 is 10.6 Å². The van der Waals surface area contributed by atoms with Gasteiger partial charge >= 0.3 is 0 Å². The number of rotatable bonds is 4. The molecule has 1 aliphatic heterocycles. The van der Waals surface area contributed by atoms with Crippen LogP contribution in [0.5, 0.6) is 0 Å². The lowest BCUT2D eigenvalue weighted by Gasteiger charge is -2.26. The fourth-order valence-corrected chi connectivity index (χ4v) is 3.51. The SMILES string of the molecule is CCSc1cccc(N2CCCCCC2)c1CN. The van der Waals surface area contributed by atoms with Gasteiger partial charge in [-0.2, -0.15) is 0 Å². The smallest absolute Gasteiger partial charge is 0.0423 e. The summed E-state index contributed by atoms with van der Waals surface area (Å²) in [7, 11) is 0. The number of benzene rings is 1. The zero-order valence-corrected chi connectivity index (χ0v) is 12.1. The Bertz CT molecular complexity index is 371. The quantitative estimate of drug-likeness (QED) is 0.842. The fraction of sp³-hybridized carbons (Fsp3) is 0.600. The van der Waals surface area contributed by atoms with Crippen LogP contribution in [0.25, 0.3) is 0 Å². The largest absolute Gasteiger partial charge is 0.371 e. The molecule has 0 bridgehead atoms. The minimum absolute atomic E-state index is 0.648. The standard InChI is InChI=1S/C15H24N2S/c1-2-18-15-9-7-8-14(13(15)12-16)17-10-5-3-4-6-11-17/h7-9H,2-6,10-12,16H2,1H3. The Balaban J connectivity index is 2.27. The minimum atomic E-state index is 0.648. The van der Waals surface area contributed by atoms with E-state index in [1.165, 1.54) is 54.9 Å². The van der Waals surface area contributed by atoms with E-state index in [1.807, 2.05) is 11.8 Å². The summed E-state index contributed by atoms with van der Waals surface area (Å²) in [6.07, 6.45) is 5.38. The van der Waals surface area contributed by atoms with E-state index < -0.39 is 0 Å². The van der Waals surface area contributed by atoms with Gasteiger partial charge in [-0.3, -0.25) is 0 Å². The number of nitrogens with zero attached hydrogens (tertiary/aromatic N) is 1. The third kappa shape index (κ3) is 3.21. The van der Waals surface area contributed by atoms with Gasteiger partial charge in [0.2, 0.25) is 0 Å². The van der Waals surface area contributed by atoms with Crippen LogP contribution in [0.2, 0.25) is 0 Å². The average Bonchev–Trinajstić information content (AvgIpc) is 2.67. The molecule has 3 heteroatoms. The molecule has 1 heterocycles. The molecule has 0 spiro atoms. The second-order valence-electron chi connectivity index (χ2n) is 4.79. The predicted octanol–water partition coefficient (Wildman–Crippen LogP) is 3.64. The van der Waals surface area contributed by atoms with Crippen molar-refractivity contribution >= 4 is 17.4 Å². The first kappa shape index (κ1) is 13.8. The molecule has 0 aromatic heterocycles. The van der Waals surface area contributed by atoms with Crippen LogP contribution in [-0.4, -0.2) is 18.8 Å². The highest BCUT2D eigenvalue weighted by atomic mass is 32.2. The first-order valence-corrected chi connectivity index (χ1v) is 8.05. The molecule has 1 saturated heterocycles. The molecule has 0 aliphatic carbocycles. The maximum atomic E-state index is 5.99. The van der Waals surface area contributed by atoms with Gasteiger partial charge in [0.15, 0.2) is 0 Å². The Kier molecular flexibility index (Phi) is 5.39. The van der Waals surface area contributed by atoms with Gasteiger partial charge in [-0.05, 0) is 30.7 Å². The zero-order chi connectivity index (χ0) is 12.8. The van der Waals surface area contributed by atoms with Gasteiger partial charge in [-0.1, -0.05) is 25.8 Å². The number of anilines is 1. The summed E-state index contributed by atoms with van der Waals surface area (Å²) in [5.41, 5.74) is 8.70. The molecule has 1 aliphatic rings. The van der Waals surface area contributed by atoms with E-state index in [1.54, 1.807) is 0 Å². The van der Waals surface area contributed by atoms with Gasteiger partial charge in [0.25, 0.3) is 0 Å². The van der Waals surface area contributed by atoms with Crippen LogP contribution in [0.3, 0.4) is 0 Å². The number of nitrogens with two attached hydrogens (primary N) is 1. The van der Waals surface area contributed by atoms with Crippen molar-refractivity contribution in [3.8, 4) is 0 Å². The molecule has 2 N–H and O–H groups in total. The summed E-state index contributed by atoms with van der Waals surface area (Å²) in [6, 6.07) is 6.63. The lowest BCUT2D eigenvalue weighted by atomic mass is 10.1. The predicted molar refractivity (Wildman–Crippen MR) is 81.4 cm³/mol. The van der Waals surface area contributed by atoms with E-state index in [4.69, 9.17) is 5.73 Å². The Morgan fingerprint density at radius 2 is 1.89 bits per heavy atom. The number of thioether (sulfide) groups is 1. The first-order valence-electron chi connectivity index (χ1n) is 7.06. The molecule has 0 unspecified atom stereocenters. The molecule has 18 heavy (non-hydrogen) atoms. The van der Waals surface area contributed by atoms with Crippen molar-refractivity contribution in [2.75, 3.05) is 23.7 Å². The van der Waals surface area contributed by atoms with Crippen molar-refractivity contribution < 1.29 is 0 Å². The van der Waals surface area contributed by atoms with Gasteiger partial charge in [0.1, 0.15) is 0 Å². The van der Waals surface area contributed by atoms with E-state index >= 15 is 0 Å². The third-order valence-corrected chi connectivity index (χ3v) is 4.54. The lowest BCUT2D eigenvalue weighted by Crippen LogP contribution is -2.25. The van der Waals surface area contributed by atoms with Crippen molar-refractivity contribution in [1.29, 1.82) is 0 Å². The fourth-order valence-electron chi connectivity index (χ4n) is 2.66. The van der Waals surface area contributed by atoms with Crippen molar-refractivity contribution in [2.24, 2.45) is 5.73 Å². The molecular weight excluding hydrogens is 240 g/mol. The summed E-state index contributed by atoms with van der Waals surface area (Å²) in [5.74, 6) is 1.11. The van der Waals surface area contributed by atoms with E-state index in [0.717, 1.165) is 5.75 Å². The summed E-state index contributed by atoms with van der Waals surface area (Å²) in [6.45, 7) is 5.22. The van der Waals surface area contributed by atoms with E-state index in [9.17, 15) is 0 Å². The molecule has 0 amide bonds. The lowest BCUT2D eigenvalue weighted by molar-refractivity contribution is 0.726. The van der Waals surface area contributed by atoms with Gasteiger partial charge in [0, 0.05) is 35.8 Å². The Hall–Kier alpha value is -0.670. The highest BCUT2D eigenvalue weighted by molar-refractivity contribution is 7.99. The summed E-state index contributed by atoms with van der Waals surface area (Å²) in [4.78, 5) is 3.90. The number of hydrogen-bond donors (Lipinski definition) is 1. The van der Waals surface area contributed by atoms with Crippen molar-refractivity contribution in [2.45, 2.75) is 44.0 Å². The summed E-state index contributed by atoms with van der Waals surface area (Å²) in [5, 5.41) is 0. The molecule has 1 aromatic rings. The second-order valence-corrected chi connectivity index (χ2v) is 6.10. The van der Waals surface area contributed by atoms with E-state index in [2.05, 4.69) is 30.0 Å². The third-order valence-electron chi connectivity index (χ3n) is 3.56. The van der Waals surface area contributed by atoms with E-state index in [-0.39, 0.29) is 0 Å². The normalized spacial score (nSPS) is 16.7. The average molecular weight is 264 g/mol. The van der Waals surface area contributed by atoms with Gasteiger partial charge in [-0.25, -0.2) is 0 Å². The van der Waals surface area contributed by atoms with Crippen LogP contribution in [0.15, 0.2) is 23.1 Å². The van der Waals surface area contributed by atoms with Crippen molar-refractivity contribution in [1.82, 2.24) is 0 Å². The van der Waals surface area contributed by atoms with Crippen LogP contribution in [0.1, 0.15) is 38.2 Å². The molecule has 1 fully saturated rings. The maximum Gasteiger partial charge on any atom is 0.0423 e. The molecule has 1 aromatic carbocycles. The van der Waals surface area contributed by atoms with Crippen LogP contribution in [0.4, 0.5) is 5.69 Å². The molecule has 2 nitrogen and oxygen atoms in total. The highest BCUT2D eigenvalue weighted by Gasteiger charge is 2.15. The first-order chi connectivity index (χ1) is 8.86. The number of hydrogen-bond acceptors (Lipinski definition) is 3. The minimum Gasteiger partial charge on any atom is -0.371 e. The Morgan fingerprint density at radius 1 is 1.17 bits per heavy atom. The van der Waals surface area contributed by atoms with Crippen LogP contribution in [-0.2, 0) is 6.54 Å². The summed E-state index contributed by atoms with van der Waals surface area (Å²) >= 11 is 1.90. The molecule has 2 rings (SSSR count). The van der Waals surface area contributed by atoms with Gasteiger partial charge in [-0.15, -0.1) is 11.8 Å². The molecular formula is C15H24N2S. The second kappa shape index (κ2) is 7.05. The van der Waals surface area contributed by atoms with Gasteiger partial charge in [0.05, 0.1) is 0 Å².